The topological polar surface area (TPSA) is 107 Å². The van der Waals surface area contributed by atoms with Gasteiger partial charge in [0.1, 0.15) is 6.07 Å². The fourth-order valence-electron chi connectivity index (χ4n) is 2.40. The van der Waals surface area contributed by atoms with Crippen LogP contribution in [0.1, 0.15) is 32.0 Å². The standard InChI is InChI=1S/C16H13Br2N3O4/c1-7-4-9(17)10(15(22)24-2)11(18)13(7)21-6-8(5-19)12(20)14(21)16(23)25-3/h4,6H,20H2,1-3H3. The van der Waals surface area contributed by atoms with Crippen LogP contribution in [0.2, 0.25) is 0 Å². The highest BCUT2D eigenvalue weighted by molar-refractivity contribution is 9.11. The van der Waals surface area contributed by atoms with E-state index in [4.69, 9.17) is 15.2 Å². The third kappa shape index (κ3) is 3.15. The maximum Gasteiger partial charge on any atom is 0.357 e. The van der Waals surface area contributed by atoms with Crippen LogP contribution in [-0.4, -0.2) is 30.7 Å². The highest BCUT2D eigenvalue weighted by Crippen LogP contribution is 2.37. The molecule has 0 amide bonds. The number of aryl methyl sites for hydroxylation is 1. The number of carbonyl (C=O) groups excluding carboxylic acids is 2. The molecule has 2 N–H and O–H groups in total. The second-order valence-corrected chi connectivity index (χ2v) is 6.63. The average molecular weight is 471 g/mol. The molecule has 0 fully saturated rings. The molecule has 1 heterocycles. The summed E-state index contributed by atoms with van der Waals surface area (Å²) in [5, 5.41) is 9.23. The molecule has 1 aromatic heterocycles. The molecule has 9 heteroatoms. The zero-order valence-corrected chi connectivity index (χ0v) is 16.7. The van der Waals surface area contributed by atoms with Gasteiger partial charge in [-0.2, -0.15) is 5.26 Å². The first-order chi connectivity index (χ1) is 11.8. The summed E-state index contributed by atoms with van der Waals surface area (Å²) in [4.78, 5) is 24.3. The fourth-order valence-corrected chi connectivity index (χ4v) is 4.25. The molecule has 0 spiro atoms. The molecule has 25 heavy (non-hydrogen) atoms. The lowest BCUT2D eigenvalue weighted by atomic mass is 10.1. The van der Waals surface area contributed by atoms with Gasteiger partial charge in [-0.15, -0.1) is 0 Å². The smallest absolute Gasteiger partial charge is 0.357 e. The van der Waals surface area contributed by atoms with Crippen LogP contribution in [0.5, 0.6) is 0 Å². The second-order valence-electron chi connectivity index (χ2n) is 4.98. The Morgan fingerprint density at radius 1 is 1.24 bits per heavy atom. The molecule has 0 unspecified atom stereocenters. The number of ether oxygens (including phenoxy) is 2. The van der Waals surface area contributed by atoms with Crippen molar-refractivity contribution in [1.82, 2.24) is 4.57 Å². The Morgan fingerprint density at radius 2 is 1.84 bits per heavy atom. The van der Waals surface area contributed by atoms with E-state index in [1.54, 1.807) is 13.0 Å². The number of nitrogens with two attached hydrogens (primary N) is 1. The summed E-state index contributed by atoms with van der Waals surface area (Å²) in [7, 11) is 2.48. The van der Waals surface area contributed by atoms with Crippen molar-refractivity contribution < 1.29 is 19.1 Å². The second kappa shape index (κ2) is 7.29. The number of rotatable bonds is 3. The van der Waals surface area contributed by atoms with Gasteiger partial charge < -0.3 is 19.8 Å². The first-order valence-electron chi connectivity index (χ1n) is 6.84. The summed E-state index contributed by atoms with van der Waals surface area (Å²) < 4.78 is 11.9. The number of carbonyl (C=O) groups is 2. The average Bonchev–Trinajstić information content (AvgIpc) is 2.89. The van der Waals surface area contributed by atoms with Gasteiger partial charge in [-0.3, -0.25) is 0 Å². The molecular formula is C16H13Br2N3O4. The van der Waals surface area contributed by atoms with Gasteiger partial charge in [-0.25, -0.2) is 9.59 Å². The van der Waals surface area contributed by atoms with Gasteiger partial charge in [0.15, 0.2) is 5.69 Å². The number of nitrogen functional groups attached to an aromatic ring is 1. The lowest BCUT2D eigenvalue weighted by molar-refractivity contribution is 0.0588. The first-order valence-corrected chi connectivity index (χ1v) is 8.43. The van der Waals surface area contributed by atoms with Crippen LogP contribution in [0.4, 0.5) is 5.69 Å². The van der Waals surface area contributed by atoms with Crippen LogP contribution in [0.3, 0.4) is 0 Å². The van der Waals surface area contributed by atoms with Crippen LogP contribution in [0.15, 0.2) is 21.2 Å². The number of nitrogens with zero attached hydrogens (tertiary/aromatic N) is 2. The highest BCUT2D eigenvalue weighted by Gasteiger charge is 2.27. The predicted octanol–water partition coefficient (Wildman–Crippen LogP) is 3.34. The number of aromatic nitrogens is 1. The molecule has 7 nitrogen and oxygen atoms in total. The van der Waals surface area contributed by atoms with Crippen LogP contribution >= 0.6 is 31.9 Å². The molecule has 2 rings (SSSR count). The Kier molecular flexibility index (Phi) is 5.55. The third-order valence-corrected chi connectivity index (χ3v) is 4.95. The predicted molar refractivity (Wildman–Crippen MR) is 97.7 cm³/mol. The van der Waals surface area contributed by atoms with Gasteiger partial charge in [0.05, 0.1) is 41.2 Å². The van der Waals surface area contributed by atoms with Crippen molar-refractivity contribution in [3.8, 4) is 11.8 Å². The minimum absolute atomic E-state index is 0.000915. The Morgan fingerprint density at radius 3 is 2.36 bits per heavy atom. The minimum atomic E-state index is -0.701. The Balaban J connectivity index is 2.91. The summed E-state index contributed by atoms with van der Waals surface area (Å²) in [6.45, 7) is 1.79. The summed E-state index contributed by atoms with van der Waals surface area (Å²) in [5.74, 6) is -1.27. The molecule has 0 aliphatic heterocycles. The Bertz CT molecular complexity index is 929. The number of hydrogen-bond donors (Lipinski definition) is 1. The van der Waals surface area contributed by atoms with E-state index in [0.29, 0.717) is 14.6 Å². The third-order valence-electron chi connectivity index (χ3n) is 3.56. The van der Waals surface area contributed by atoms with Crippen LogP contribution in [-0.2, 0) is 9.47 Å². The SMILES string of the molecule is COC(=O)c1c(Br)cc(C)c(-n2cc(C#N)c(N)c2C(=O)OC)c1Br. The zero-order valence-electron chi connectivity index (χ0n) is 13.5. The summed E-state index contributed by atoms with van der Waals surface area (Å²) >= 11 is 6.73. The van der Waals surface area contributed by atoms with Crippen molar-refractivity contribution in [2.24, 2.45) is 0 Å². The van der Waals surface area contributed by atoms with Gasteiger partial charge in [-0.1, -0.05) is 0 Å². The van der Waals surface area contributed by atoms with E-state index in [2.05, 4.69) is 31.9 Å². The summed E-state index contributed by atoms with van der Waals surface area (Å²) in [6, 6.07) is 3.64. The minimum Gasteiger partial charge on any atom is -0.465 e. The van der Waals surface area contributed by atoms with E-state index in [9.17, 15) is 14.9 Å². The number of anilines is 1. The van der Waals surface area contributed by atoms with E-state index < -0.39 is 11.9 Å². The van der Waals surface area contributed by atoms with Gasteiger partial charge in [-0.05, 0) is 50.4 Å². The molecule has 0 atom stereocenters. The number of benzene rings is 1. The Labute approximate surface area is 160 Å². The van der Waals surface area contributed by atoms with Crippen molar-refractivity contribution in [3.05, 3.63) is 43.6 Å². The fraction of sp³-hybridized carbons (Fsp3) is 0.188. The first kappa shape index (κ1) is 19.0. The van der Waals surface area contributed by atoms with Crippen molar-refractivity contribution in [2.75, 3.05) is 20.0 Å². The molecule has 0 aliphatic rings. The van der Waals surface area contributed by atoms with Crippen LogP contribution in [0, 0.1) is 18.3 Å². The monoisotopic (exact) mass is 469 g/mol. The highest BCUT2D eigenvalue weighted by atomic mass is 79.9. The van der Waals surface area contributed by atoms with E-state index in [0.717, 1.165) is 5.56 Å². The number of esters is 2. The quantitative estimate of drug-likeness (QED) is 0.689. The van der Waals surface area contributed by atoms with E-state index in [1.165, 1.54) is 25.0 Å². The maximum absolute atomic E-state index is 12.2. The molecule has 0 bridgehead atoms. The molecule has 0 aliphatic carbocycles. The van der Waals surface area contributed by atoms with Gasteiger partial charge in [0, 0.05) is 10.7 Å². The van der Waals surface area contributed by atoms with Gasteiger partial charge in [0.25, 0.3) is 0 Å². The number of nitriles is 1. The molecule has 0 saturated carbocycles. The summed E-state index contributed by atoms with van der Waals surface area (Å²) in [6.07, 6.45) is 1.42. The van der Waals surface area contributed by atoms with Gasteiger partial charge in [0.2, 0.25) is 0 Å². The molecular weight excluding hydrogens is 458 g/mol. The number of methoxy groups -OCH3 is 2. The van der Waals surface area contributed by atoms with E-state index in [1.807, 2.05) is 6.07 Å². The van der Waals surface area contributed by atoms with Crippen molar-refractivity contribution in [2.45, 2.75) is 6.92 Å². The van der Waals surface area contributed by atoms with Gasteiger partial charge >= 0.3 is 11.9 Å². The van der Waals surface area contributed by atoms with E-state index in [-0.39, 0.29) is 22.5 Å². The maximum atomic E-state index is 12.2. The number of halogens is 2. The molecule has 130 valence electrons. The lowest BCUT2D eigenvalue weighted by Crippen LogP contribution is -2.14. The van der Waals surface area contributed by atoms with Crippen molar-refractivity contribution >= 4 is 49.5 Å². The zero-order chi connectivity index (χ0) is 18.9. The summed E-state index contributed by atoms with van der Waals surface area (Å²) in [5.41, 5.74) is 7.47. The molecule has 0 radical (unpaired) electrons. The van der Waals surface area contributed by atoms with Crippen LogP contribution < -0.4 is 5.73 Å². The van der Waals surface area contributed by atoms with Crippen molar-refractivity contribution in [3.63, 3.8) is 0 Å². The Hall–Kier alpha value is -2.31. The largest absolute Gasteiger partial charge is 0.465 e. The van der Waals surface area contributed by atoms with E-state index >= 15 is 0 Å². The normalized spacial score (nSPS) is 10.2. The number of hydrogen-bond acceptors (Lipinski definition) is 6. The molecule has 2 aromatic rings. The van der Waals surface area contributed by atoms with Crippen LogP contribution in [0.25, 0.3) is 5.69 Å². The van der Waals surface area contributed by atoms with Crippen molar-refractivity contribution in [1.29, 1.82) is 5.26 Å². The molecule has 1 aromatic carbocycles. The molecule has 0 saturated heterocycles. The lowest BCUT2D eigenvalue weighted by Gasteiger charge is -2.17.